The molecule has 0 heterocycles. The highest BCUT2D eigenvalue weighted by molar-refractivity contribution is 5.75. The van der Waals surface area contributed by atoms with Crippen molar-refractivity contribution in [2.24, 2.45) is 0 Å². The van der Waals surface area contributed by atoms with Crippen molar-refractivity contribution in [2.75, 3.05) is 20.6 Å². The summed E-state index contributed by atoms with van der Waals surface area (Å²) in [6.45, 7) is 2.79. The monoisotopic (exact) mass is 236 g/mol. The Morgan fingerprint density at radius 3 is 2.41 bits per heavy atom. The highest BCUT2D eigenvalue weighted by Crippen LogP contribution is 2.13. The lowest BCUT2D eigenvalue weighted by atomic mass is 10.1. The van der Waals surface area contributed by atoms with Crippen LogP contribution in [0, 0.1) is 0 Å². The predicted molar refractivity (Wildman–Crippen MR) is 68.0 cm³/mol. The zero-order valence-electron chi connectivity index (χ0n) is 10.6. The normalized spacial score (nSPS) is 14.6. The molecule has 2 N–H and O–H groups in total. The van der Waals surface area contributed by atoms with E-state index in [9.17, 15) is 9.90 Å². The fraction of sp³-hybridized carbons (Fsp3) is 0.462. The van der Waals surface area contributed by atoms with Gasteiger partial charge in [-0.15, -0.1) is 0 Å². The number of rotatable bonds is 6. The zero-order valence-corrected chi connectivity index (χ0v) is 10.6. The number of benzene rings is 1. The lowest BCUT2D eigenvalue weighted by Crippen LogP contribution is -2.40. The molecule has 2 unspecified atom stereocenters. The SMILES string of the molecule is CC(CN(C)C)NC(C(=O)O)c1ccccc1. The Kier molecular flexibility index (Phi) is 5.12. The maximum Gasteiger partial charge on any atom is 0.325 e. The Labute approximate surface area is 102 Å². The summed E-state index contributed by atoms with van der Waals surface area (Å²) < 4.78 is 0. The number of nitrogens with one attached hydrogen (secondary N) is 1. The van der Waals surface area contributed by atoms with Gasteiger partial charge < -0.3 is 10.0 Å². The summed E-state index contributed by atoms with van der Waals surface area (Å²) in [4.78, 5) is 13.3. The van der Waals surface area contributed by atoms with E-state index in [4.69, 9.17) is 0 Å². The molecule has 1 rings (SSSR count). The van der Waals surface area contributed by atoms with E-state index in [0.29, 0.717) is 0 Å². The summed E-state index contributed by atoms with van der Waals surface area (Å²) >= 11 is 0. The first-order valence-electron chi connectivity index (χ1n) is 5.69. The molecule has 0 amide bonds. The Hall–Kier alpha value is -1.39. The van der Waals surface area contributed by atoms with Crippen molar-refractivity contribution < 1.29 is 9.90 Å². The summed E-state index contributed by atoms with van der Waals surface area (Å²) in [5.41, 5.74) is 0.783. The first-order chi connectivity index (χ1) is 8.00. The number of likely N-dealkylation sites (N-methyl/N-ethyl adjacent to an activating group) is 1. The van der Waals surface area contributed by atoms with E-state index in [-0.39, 0.29) is 6.04 Å². The average Bonchev–Trinajstić information content (AvgIpc) is 2.25. The molecule has 0 bridgehead atoms. The smallest absolute Gasteiger partial charge is 0.325 e. The Morgan fingerprint density at radius 2 is 1.94 bits per heavy atom. The second-order valence-corrected chi connectivity index (χ2v) is 4.51. The third-order valence-corrected chi connectivity index (χ3v) is 2.47. The van der Waals surface area contributed by atoms with Crippen molar-refractivity contribution in [3.05, 3.63) is 35.9 Å². The van der Waals surface area contributed by atoms with Gasteiger partial charge >= 0.3 is 5.97 Å². The molecule has 1 aromatic rings. The van der Waals surface area contributed by atoms with Crippen LogP contribution >= 0.6 is 0 Å². The Balaban J connectivity index is 2.71. The van der Waals surface area contributed by atoms with Crippen molar-refractivity contribution >= 4 is 5.97 Å². The fourth-order valence-electron chi connectivity index (χ4n) is 1.84. The van der Waals surface area contributed by atoms with Crippen LogP contribution in [0.1, 0.15) is 18.5 Å². The van der Waals surface area contributed by atoms with Crippen molar-refractivity contribution in [3.63, 3.8) is 0 Å². The number of hydrogen-bond acceptors (Lipinski definition) is 3. The third-order valence-electron chi connectivity index (χ3n) is 2.47. The van der Waals surface area contributed by atoms with Gasteiger partial charge in [-0.25, -0.2) is 0 Å². The van der Waals surface area contributed by atoms with Gasteiger partial charge in [-0.1, -0.05) is 30.3 Å². The molecular formula is C13H20N2O2. The number of aliphatic carboxylic acids is 1. The molecule has 0 saturated heterocycles. The second-order valence-electron chi connectivity index (χ2n) is 4.51. The molecular weight excluding hydrogens is 216 g/mol. The first-order valence-corrected chi connectivity index (χ1v) is 5.69. The van der Waals surface area contributed by atoms with E-state index in [1.54, 1.807) is 0 Å². The van der Waals surface area contributed by atoms with E-state index in [0.717, 1.165) is 12.1 Å². The molecule has 0 fully saturated rings. The van der Waals surface area contributed by atoms with E-state index in [2.05, 4.69) is 5.32 Å². The molecule has 4 nitrogen and oxygen atoms in total. The molecule has 0 saturated carbocycles. The van der Waals surface area contributed by atoms with Crippen LogP contribution in [0.15, 0.2) is 30.3 Å². The third kappa shape index (κ3) is 4.54. The van der Waals surface area contributed by atoms with Crippen molar-refractivity contribution in [2.45, 2.75) is 19.0 Å². The predicted octanol–water partition coefficient (Wildman–Crippen LogP) is 1.35. The number of nitrogens with zero attached hydrogens (tertiary/aromatic N) is 1. The molecule has 1 aromatic carbocycles. The highest BCUT2D eigenvalue weighted by Gasteiger charge is 2.21. The Morgan fingerprint density at radius 1 is 1.35 bits per heavy atom. The summed E-state index contributed by atoms with van der Waals surface area (Å²) in [5, 5.41) is 12.4. The minimum atomic E-state index is -0.846. The van der Waals surface area contributed by atoms with Crippen LogP contribution in [-0.4, -0.2) is 42.7 Å². The molecule has 0 spiro atoms. The molecule has 94 valence electrons. The first kappa shape index (κ1) is 13.7. The molecule has 0 radical (unpaired) electrons. The summed E-state index contributed by atoms with van der Waals surface area (Å²) in [7, 11) is 3.94. The average molecular weight is 236 g/mol. The van der Waals surface area contributed by atoms with Crippen LogP contribution in [-0.2, 0) is 4.79 Å². The lowest BCUT2D eigenvalue weighted by molar-refractivity contribution is -0.139. The fourth-order valence-corrected chi connectivity index (χ4v) is 1.84. The number of hydrogen-bond donors (Lipinski definition) is 2. The summed E-state index contributed by atoms with van der Waals surface area (Å²) in [6.07, 6.45) is 0. The van der Waals surface area contributed by atoms with Gasteiger partial charge in [0.05, 0.1) is 0 Å². The van der Waals surface area contributed by atoms with Crippen LogP contribution in [0.4, 0.5) is 0 Å². The van der Waals surface area contributed by atoms with Crippen molar-refractivity contribution in [1.82, 2.24) is 10.2 Å². The van der Waals surface area contributed by atoms with Crippen LogP contribution in [0.5, 0.6) is 0 Å². The number of carboxylic acids is 1. The second kappa shape index (κ2) is 6.37. The zero-order chi connectivity index (χ0) is 12.8. The van der Waals surface area contributed by atoms with E-state index >= 15 is 0 Å². The quantitative estimate of drug-likeness (QED) is 0.783. The van der Waals surface area contributed by atoms with Gasteiger partial charge in [-0.2, -0.15) is 0 Å². The molecule has 0 aliphatic heterocycles. The molecule has 4 heteroatoms. The van der Waals surface area contributed by atoms with Gasteiger partial charge in [0.1, 0.15) is 6.04 Å². The van der Waals surface area contributed by atoms with Gasteiger partial charge in [0.2, 0.25) is 0 Å². The molecule has 0 aliphatic carbocycles. The number of carbonyl (C=O) groups is 1. The van der Waals surface area contributed by atoms with Crippen LogP contribution in [0.2, 0.25) is 0 Å². The van der Waals surface area contributed by atoms with Crippen LogP contribution < -0.4 is 5.32 Å². The van der Waals surface area contributed by atoms with Gasteiger partial charge in [0.25, 0.3) is 0 Å². The minimum Gasteiger partial charge on any atom is -0.480 e. The molecule has 17 heavy (non-hydrogen) atoms. The van der Waals surface area contributed by atoms with Crippen LogP contribution in [0.25, 0.3) is 0 Å². The Bertz CT molecular complexity index is 352. The summed E-state index contributed by atoms with van der Waals surface area (Å²) in [6, 6.07) is 8.71. The molecule has 2 atom stereocenters. The lowest BCUT2D eigenvalue weighted by Gasteiger charge is -2.23. The molecule has 0 aliphatic rings. The van der Waals surface area contributed by atoms with E-state index in [1.165, 1.54) is 0 Å². The minimum absolute atomic E-state index is 0.117. The van der Waals surface area contributed by atoms with Gasteiger partial charge in [-0.3, -0.25) is 10.1 Å². The number of carboxylic acid groups (broad SMARTS) is 1. The van der Waals surface area contributed by atoms with Gasteiger partial charge in [-0.05, 0) is 26.6 Å². The van der Waals surface area contributed by atoms with Crippen molar-refractivity contribution in [3.8, 4) is 0 Å². The van der Waals surface area contributed by atoms with Crippen molar-refractivity contribution in [1.29, 1.82) is 0 Å². The van der Waals surface area contributed by atoms with E-state index in [1.807, 2.05) is 56.3 Å². The van der Waals surface area contributed by atoms with Gasteiger partial charge in [0, 0.05) is 12.6 Å². The summed E-state index contributed by atoms with van der Waals surface area (Å²) in [5.74, 6) is -0.846. The molecule has 0 aromatic heterocycles. The van der Waals surface area contributed by atoms with E-state index < -0.39 is 12.0 Å². The standard InChI is InChI=1S/C13H20N2O2/c1-10(9-15(2)3)14-12(13(16)17)11-7-5-4-6-8-11/h4-8,10,12,14H,9H2,1-3H3,(H,16,17). The maximum atomic E-state index is 11.2. The van der Waals surface area contributed by atoms with Gasteiger partial charge in [0.15, 0.2) is 0 Å². The topological polar surface area (TPSA) is 52.6 Å². The maximum absolute atomic E-state index is 11.2. The largest absolute Gasteiger partial charge is 0.480 e. The highest BCUT2D eigenvalue weighted by atomic mass is 16.4. The van der Waals surface area contributed by atoms with Crippen LogP contribution in [0.3, 0.4) is 0 Å².